The highest BCUT2D eigenvalue weighted by Gasteiger charge is 2.30. The Bertz CT molecular complexity index is 879. The normalized spacial score (nSPS) is 16.9. The first-order valence-corrected chi connectivity index (χ1v) is 10.6. The largest absolute Gasteiger partial charge is 0.449 e. The topological polar surface area (TPSA) is 76.7 Å². The van der Waals surface area contributed by atoms with Crippen LogP contribution in [-0.2, 0) is 14.3 Å². The number of hydrogen-bond acceptors (Lipinski definition) is 4. The van der Waals surface area contributed by atoms with Crippen molar-refractivity contribution < 1.29 is 19.1 Å². The minimum atomic E-state index is -0.708. The summed E-state index contributed by atoms with van der Waals surface area (Å²) in [4.78, 5) is 24.4. The van der Waals surface area contributed by atoms with Gasteiger partial charge >= 0.3 is 6.09 Å². The van der Waals surface area contributed by atoms with Crippen LogP contribution >= 0.6 is 0 Å². The molecule has 6 nitrogen and oxygen atoms in total. The zero-order valence-electron chi connectivity index (χ0n) is 17.4. The molecule has 1 fully saturated rings. The Hall–Kier alpha value is -2.86. The number of hydrogen-bond donors (Lipinski definition) is 2. The maximum Gasteiger partial charge on any atom is 0.407 e. The van der Waals surface area contributed by atoms with Crippen LogP contribution in [0.15, 0.2) is 48.5 Å². The minimum Gasteiger partial charge on any atom is -0.449 e. The molecule has 0 radical (unpaired) electrons. The van der Waals surface area contributed by atoms with E-state index in [-0.39, 0.29) is 31.3 Å². The molecule has 2 N–H and O–H groups in total. The van der Waals surface area contributed by atoms with E-state index in [0.29, 0.717) is 5.92 Å². The quantitative estimate of drug-likeness (QED) is 0.652. The van der Waals surface area contributed by atoms with E-state index in [4.69, 9.17) is 9.47 Å². The van der Waals surface area contributed by atoms with Crippen LogP contribution in [0.4, 0.5) is 4.79 Å². The van der Waals surface area contributed by atoms with Crippen LogP contribution in [0.5, 0.6) is 0 Å². The second kappa shape index (κ2) is 8.88. The second-order valence-electron chi connectivity index (χ2n) is 8.09. The zero-order valence-corrected chi connectivity index (χ0v) is 17.4. The van der Waals surface area contributed by atoms with Crippen LogP contribution in [0.2, 0.25) is 0 Å². The van der Waals surface area contributed by atoms with Gasteiger partial charge in [0, 0.05) is 5.92 Å². The summed E-state index contributed by atoms with van der Waals surface area (Å²) in [5, 5.41) is 5.29. The van der Waals surface area contributed by atoms with Gasteiger partial charge in [0.15, 0.2) is 0 Å². The van der Waals surface area contributed by atoms with Gasteiger partial charge in [-0.05, 0) is 54.9 Å². The fraction of sp³-hybridized carbons (Fsp3) is 0.417. The van der Waals surface area contributed by atoms with Gasteiger partial charge in [-0.1, -0.05) is 48.5 Å². The number of ether oxygens (including phenoxy) is 2. The molecule has 0 spiro atoms. The molecule has 2 atom stereocenters. The molecule has 6 heteroatoms. The van der Waals surface area contributed by atoms with E-state index in [0.717, 1.165) is 11.1 Å². The van der Waals surface area contributed by atoms with Crippen molar-refractivity contribution in [1.29, 1.82) is 0 Å². The molecule has 4 rings (SSSR count). The average Bonchev–Trinajstić information content (AvgIpc) is 3.55. The smallest absolute Gasteiger partial charge is 0.407 e. The van der Waals surface area contributed by atoms with Crippen LogP contribution in [-0.4, -0.2) is 37.5 Å². The van der Waals surface area contributed by atoms with Gasteiger partial charge in [-0.15, -0.1) is 0 Å². The minimum absolute atomic E-state index is 0.00963. The summed E-state index contributed by atoms with van der Waals surface area (Å²) in [5.74, 6) is 0.300. The van der Waals surface area contributed by atoms with E-state index in [1.54, 1.807) is 6.92 Å². The Morgan fingerprint density at radius 2 is 1.60 bits per heavy atom. The van der Waals surface area contributed by atoms with Crippen LogP contribution in [0, 0.1) is 5.92 Å². The van der Waals surface area contributed by atoms with Crippen molar-refractivity contribution in [2.75, 3.05) is 13.3 Å². The molecule has 0 heterocycles. The molecular weight excluding hydrogens is 380 g/mol. The number of carbonyl (C=O) groups excluding carboxylic acids is 2. The van der Waals surface area contributed by atoms with Gasteiger partial charge in [0.25, 0.3) is 0 Å². The van der Waals surface area contributed by atoms with Crippen molar-refractivity contribution in [3.05, 3.63) is 59.7 Å². The van der Waals surface area contributed by atoms with Crippen molar-refractivity contribution in [2.24, 2.45) is 5.92 Å². The number of benzene rings is 2. The molecule has 0 unspecified atom stereocenters. The predicted octanol–water partition coefficient (Wildman–Crippen LogP) is 3.80. The standard InChI is InChI=1S/C24H28N2O4/c1-15(23(27)25-14-30-16(2)17-11-12-17)26-24(28)29-13-22-20-9-5-3-7-18(20)19-8-4-6-10-21(19)22/h3-10,15-17,22H,11-14H2,1-2H3,(H,25,27)(H,26,28)/t15-,16-/m0/s1. The van der Waals surface area contributed by atoms with Gasteiger partial charge in [0.1, 0.15) is 19.4 Å². The van der Waals surface area contributed by atoms with Gasteiger partial charge in [-0.2, -0.15) is 0 Å². The lowest BCUT2D eigenvalue weighted by atomic mass is 9.98. The molecule has 0 aromatic heterocycles. The summed E-state index contributed by atoms with van der Waals surface area (Å²) in [6, 6.07) is 15.6. The van der Waals surface area contributed by atoms with Crippen molar-refractivity contribution in [2.45, 2.75) is 44.8 Å². The summed E-state index contributed by atoms with van der Waals surface area (Å²) >= 11 is 0. The van der Waals surface area contributed by atoms with Crippen molar-refractivity contribution >= 4 is 12.0 Å². The first kappa shape index (κ1) is 20.4. The molecule has 2 aromatic carbocycles. The van der Waals surface area contributed by atoms with E-state index in [1.807, 2.05) is 31.2 Å². The first-order chi connectivity index (χ1) is 14.5. The molecule has 1 saturated carbocycles. The number of fused-ring (bicyclic) bond motifs is 3. The number of nitrogens with one attached hydrogen (secondary N) is 2. The third-order valence-corrected chi connectivity index (χ3v) is 5.95. The SMILES string of the molecule is C[C@H](NC(=O)OCC1c2ccccc2-c2ccccc21)C(=O)NCO[C@@H](C)C1CC1. The lowest BCUT2D eigenvalue weighted by Crippen LogP contribution is -2.46. The fourth-order valence-corrected chi connectivity index (χ4v) is 3.98. The van der Waals surface area contributed by atoms with Gasteiger partial charge in [0.2, 0.25) is 5.91 Å². The van der Waals surface area contributed by atoms with Gasteiger partial charge in [-0.3, -0.25) is 4.79 Å². The Morgan fingerprint density at radius 3 is 2.20 bits per heavy atom. The van der Waals surface area contributed by atoms with E-state index < -0.39 is 12.1 Å². The summed E-state index contributed by atoms with van der Waals surface area (Å²) < 4.78 is 11.1. The lowest BCUT2D eigenvalue weighted by Gasteiger charge is -2.18. The van der Waals surface area contributed by atoms with E-state index in [1.165, 1.54) is 24.0 Å². The average molecular weight is 408 g/mol. The Morgan fingerprint density at radius 1 is 1.00 bits per heavy atom. The molecule has 2 aliphatic carbocycles. The lowest BCUT2D eigenvalue weighted by molar-refractivity contribution is -0.125. The molecule has 2 aromatic rings. The number of alkyl carbamates (subject to hydrolysis) is 1. The fourth-order valence-electron chi connectivity index (χ4n) is 3.98. The maximum absolute atomic E-state index is 12.3. The van der Waals surface area contributed by atoms with Crippen LogP contribution < -0.4 is 10.6 Å². The van der Waals surface area contributed by atoms with Crippen LogP contribution in [0.1, 0.15) is 43.7 Å². The Balaban J connectivity index is 1.27. The second-order valence-corrected chi connectivity index (χ2v) is 8.09. The molecule has 0 saturated heterocycles. The Kier molecular flexibility index (Phi) is 6.04. The van der Waals surface area contributed by atoms with Crippen molar-refractivity contribution in [1.82, 2.24) is 10.6 Å². The Labute approximate surface area is 177 Å². The summed E-state index contributed by atoms with van der Waals surface area (Å²) in [7, 11) is 0. The number of carbonyl (C=O) groups is 2. The van der Waals surface area contributed by atoms with Crippen LogP contribution in [0.3, 0.4) is 0 Å². The summed E-state index contributed by atoms with van der Waals surface area (Å²) in [5.41, 5.74) is 4.66. The number of amides is 2. The monoisotopic (exact) mass is 408 g/mol. The molecule has 0 aliphatic heterocycles. The predicted molar refractivity (Wildman–Crippen MR) is 114 cm³/mol. The van der Waals surface area contributed by atoms with E-state index in [2.05, 4.69) is 34.9 Å². The highest BCUT2D eigenvalue weighted by Crippen LogP contribution is 2.44. The highest BCUT2D eigenvalue weighted by molar-refractivity contribution is 5.85. The van der Waals surface area contributed by atoms with Crippen molar-refractivity contribution in [3.63, 3.8) is 0 Å². The molecule has 0 bridgehead atoms. The highest BCUT2D eigenvalue weighted by atomic mass is 16.5. The van der Waals surface area contributed by atoms with Crippen LogP contribution in [0.25, 0.3) is 11.1 Å². The molecule has 158 valence electrons. The van der Waals surface area contributed by atoms with E-state index >= 15 is 0 Å². The van der Waals surface area contributed by atoms with Gasteiger partial charge < -0.3 is 20.1 Å². The third kappa shape index (κ3) is 4.49. The number of rotatable bonds is 8. The summed E-state index contributed by atoms with van der Waals surface area (Å²) in [6.45, 7) is 4.01. The van der Waals surface area contributed by atoms with Gasteiger partial charge in [-0.25, -0.2) is 4.79 Å². The third-order valence-electron chi connectivity index (χ3n) is 5.95. The summed E-state index contributed by atoms with van der Waals surface area (Å²) in [6.07, 6.45) is 1.92. The maximum atomic E-state index is 12.3. The van der Waals surface area contributed by atoms with Gasteiger partial charge in [0.05, 0.1) is 6.10 Å². The molecule has 30 heavy (non-hydrogen) atoms. The van der Waals surface area contributed by atoms with E-state index in [9.17, 15) is 9.59 Å². The zero-order chi connectivity index (χ0) is 21.1. The molecule has 2 aliphatic rings. The molecular formula is C24H28N2O4. The van der Waals surface area contributed by atoms with Crippen molar-refractivity contribution in [3.8, 4) is 11.1 Å². The molecule has 2 amide bonds. The first-order valence-electron chi connectivity index (χ1n) is 10.6.